The van der Waals surface area contributed by atoms with Gasteiger partial charge in [-0.2, -0.15) is 21.3 Å². The van der Waals surface area contributed by atoms with Gasteiger partial charge in [0, 0.05) is 20.6 Å². The van der Waals surface area contributed by atoms with E-state index in [1.165, 1.54) is 5.56 Å². The third-order valence-corrected chi connectivity index (χ3v) is 3.58. The topological polar surface area (TPSA) is 69.7 Å². The van der Waals surface area contributed by atoms with Crippen LogP contribution in [0.3, 0.4) is 0 Å². The van der Waals surface area contributed by atoms with E-state index in [1.807, 2.05) is 7.05 Å². The van der Waals surface area contributed by atoms with Crippen LogP contribution in [-0.4, -0.2) is 34.0 Å². The normalized spacial score (nSPS) is 10.8. The van der Waals surface area contributed by atoms with E-state index in [1.54, 1.807) is 24.7 Å². The van der Waals surface area contributed by atoms with Crippen molar-refractivity contribution in [2.75, 3.05) is 24.3 Å². The Balaban J connectivity index is 2.00. The fourth-order valence-electron chi connectivity index (χ4n) is 1.94. The molecule has 0 amide bonds. The van der Waals surface area contributed by atoms with Crippen molar-refractivity contribution in [3.05, 3.63) is 28.7 Å². The van der Waals surface area contributed by atoms with Gasteiger partial charge in [-0.3, -0.25) is 0 Å². The quantitative estimate of drug-likeness (QED) is 0.762. The molecule has 2 N–H and O–H groups in total. The molecule has 3 aromatic rings. The van der Waals surface area contributed by atoms with Crippen LogP contribution in [0.4, 0.5) is 11.8 Å². The molecule has 0 aliphatic carbocycles. The monoisotopic (exact) mass is 274 g/mol. The van der Waals surface area contributed by atoms with Crippen molar-refractivity contribution in [1.82, 2.24) is 19.9 Å². The average molecular weight is 274 g/mol. The number of thiophene rings is 1. The number of imidazole rings is 1. The van der Waals surface area contributed by atoms with E-state index in [9.17, 15) is 0 Å². The van der Waals surface area contributed by atoms with Gasteiger partial charge in [0.2, 0.25) is 5.95 Å². The van der Waals surface area contributed by atoms with Crippen molar-refractivity contribution in [2.45, 2.75) is 6.54 Å². The SMILES string of the molecule is CNc1nc(N(C)Cc2ccsc2)c2[nH]cnc2n1. The summed E-state index contributed by atoms with van der Waals surface area (Å²) in [5, 5.41) is 7.18. The maximum Gasteiger partial charge on any atom is 0.226 e. The first-order chi connectivity index (χ1) is 9.28. The molecule has 0 spiro atoms. The third-order valence-electron chi connectivity index (χ3n) is 2.85. The molecule has 0 aromatic carbocycles. The van der Waals surface area contributed by atoms with Gasteiger partial charge in [-0.15, -0.1) is 0 Å². The predicted molar refractivity (Wildman–Crippen MR) is 77.7 cm³/mol. The molecular formula is C12H14N6S. The Labute approximate surface area is 114 Å². The molecule has 0 aliphatic rings. The summed E-state index contributed by atoms with van der Waals surface area (Å²) in [6, 6.07) is 2.12. The predicted octanol–water partition coefficient (Wildman–Crippen LogP) is 2.09. The number of H-pyrrole nitrogens is 1. The van der Waals surface area contributed by atoms with E-state index in [4.69, 9.17) is 0 Å². The van der Waals surface area contributed by atoms with Gasteiger partial charge in [-0.25, -0.2) is 4.98 Å². The van der Waals surface area contributed by atoms with Crippen LogP contribution in [0.25, 0.3) is 11.2 Å². The lowest BCUT2D eigenvalue weighted by Gasteiger charge is -2.18. The second-order valence-corrected chi connectivity index (χ2v) is 4.99. The summed E-state index contributed by atoms with van der Waals surface area (Å²) >= 11 is 1.70. The van der Waals surface area contributed by atoms with Gasteiger partial charge in [-0.1, -0.05) is 0 Å². The molecule has 0 radical (unpaired) electrons. The zero-order valence-corrected chi connectivity index (χ0v) is 11.5. The number of aromatic nitrogens is 4. The van der Waals surface area contributed by atoms with Crippen LogP contribution in [0.15, 0.2) is 23.2 Å². The molecule has 3 heterocycles. The highest BCUT2D eigenvalue weighted by molar-refractivity contribution is 7.07. The zero-order valence-electron chi connectivity index (χ0n) is 10.7. The Kier molecular flexibility index (Phi) is 3.04. The number of nitrogens with zero attached hydrogens (tertiary/aromatic N) is 4. The summed E-state index contributed by atoms with van der Waals surface area (Å²) in [6.07, 6.45) is 1.64. The van der Waals surface area contributed by atoms with Crippen LogP contribution in [0.2, 0.25) is 0 Å². The fraction of sp³-hybridized carbons (Fsp3) is 0.250. The summed E-state index contributed by atoms with van der Waals surface area (Å²) < 4.78 is 0. The Morgan fingerprint density at radius 1 is 1.42 bits per heavy atom. The highest BCUT2D eigenvalue weighted by atomic mass is 32.1. The summed E-state index contributed by atoms with van der Waals surface area (Å²) in [7, 11) is 3.82. The van der Waals surface area contributed by atoms with Crippen LogP contribution in [0, 0.1) is 0 Å². The van der Waals surface area contributed by atoms with Gasteiger partial charge < -0.3 is 15.2 Å². The second-order valence-electron chi connectivity index (χ2n) is 4.21. The molecule has 0 bridgehead atoms. The van der Waals surface area contributed by atoms with Gasteiger partial charge in [0.1, 0.15) is 5.52 Å². The molecule has 98 valence electrons. The minimum Gasteiger partial charge on any atom is -0.357 e. The van der Waals surface area contributed by atoms with Gasteiger partial charge in [0.05, 0.1) is 6.33 Å². The Morgan fingerprint density at radius 2 is 2.32 bits per heavy atom. The Hall–Kier alpha value is -2.15. The molecule has 6 nitrogen and oxygen atoms in total. The van der Waals surface area contributed by atoms with E-state index in [2.05, 4.69) is 47.0 Å². The van der Waals surface area contributed by atoms with Crippen molar-refractivity contribution < 1.29 is 0 Å². The highest BCUT2D eigenvalue weighted by Gasteiger charge is 2.13. The lowest BCUT2D eigenvalue weighted by atomic mass is 10.3. The van der Waals surface area contributed by atoms with Gasteiger partial charge in [0.15, 0.2) is 11.5 Å². The molecule has 0 saturated heterocycles. The van der Waals surface area contributed by atoms with E-state index in [0.717, 1.165) is 17.9 Å². The largest absolute Gasteiger partial charge is 0.357 e. The number of nitrogens with one attached hydrogen (secondary N) is 2. The number of hydrogen-bond acceptors (Lipinski definition) is 6. The van der Waals surface area contributed by atoms with E-state index >= 15 is 0 Å². The maximum absolute atomic E-state index is 4.51. The summed E-state index contributed by atoms with van der Waals surface area (Å²) in [5.41, 5.74) is 2.80. The zero-order chi connectivity index (χ0) is 13.2. The molecule has 7 heteroatoms. The first-order valence-electron chi connectivity index (χ1n) is 5.89. The number of rotatable bonds is 4. The van der Waals surface area contributed by atoms with E-state index < -0.39 is 0 Å². The summed E-state index contributed by atoms with van der Waals surface area (Å²) in [6.45, 7) is 0.803. The van der Waals surface area contributed by atoms with Gasteiger partial charge in [0.25, 0.3) is 0 Å². The minimum atomic E-state index is 0.576. The molecule has 19 heavy (non-hydrogen) atoms. The number of hydrogen-bond donors (Lipinski definition) is 2. The smallest absolute Gasteiger partial charge is 0.226 e. The van der Waals surface area contributed by atoms with Crippen LogP contribution in [0.1, 0.15) is 5.56 Å². The standard InChI is InChI=1S/C12H14N6S/c1-13-12-16-10-9(14-7-15-10)11(17-12)18(2)5-8-3-4-19-6-8/h3-4,6-7H,5H2,1-2H3,(H2,13,14,15,16,17). The first-order valence-corrected chi connectivity index (χ1v) is 6.83. The molecule has 0 aliphatic heterocycles. The van der Waals surface area contributed by atoms with Crippen LogP contribution < -0.4 is 10.2 Å². The van der Waals surface area contributed by atoms with Crippen molar-refractivity contribution in [3.8, 4) is 0 Å². The molecular weight excluding hydrogens is 260 g/mol. The molecule has 3 rings (SSSR count). The highest BCUT2D eigenvalue weighted by Crippen LogP contribution is 2.23. The molecule has 3 aromatic heterocycles. The summed E-state index contributed by atoms with van der Waals surface area (Å²) in [5.74, 6) is 1.42. The molecule has 0 fully saturated rings. The van der Waals surface area contributed by atoms with E-state index in [-0.39, 0.29) is 0 Å². The van der Waals surface area contributed by atoms with Crippen LogP contribution in [0.5, 0.6) is 0 Å². The minimum absolute atomic E-state index is 0.576. The lowest BCUT2D eigenvalue weighted by molar-refractivity contribution is 0.903. The number of anilines is 2. The Morgan fingerprint density at radius 3 is 3.05 bits per heavy atom. The average Bonchev–Trinajstić information content (AvgIpc) is 3.07. The lowest BCUT2D eigenvalue weighted by Crippen LogP contribution is -2.18. The molecule has 0 unspecified atom stereocenters. The van der Waals surface area contributed by atoms with Crippen molar-refractivity contribution in [3.63, 3.8) is 0 Å². The number of fused-ring (bicyclic) bond motifs is 1. The molecule has 0 saturated carbocycles. The van der Waals surface area contributed by atoms with Crippen LogP contribution in [-0.2, 0) is 6.54 Å². The maximum atomic E-state index is 4.51. The van der Waals surface area contributed by atoms with E-state index in [0.29, 0.717) is 11.6 Å². The first kappa shape index (κ1) is 11.9. The fourth-order valence-corrected chi connectivity index (χ4v) is 2.60. The molecule has 0 atom stereocenters. The third kappa shape index (κ3) is 2.24. The summed E-state index contributed by atoms with van der Waals surface area (Å²) in [4.78, 5) is 18.2. The van der Waals surface area contributed by atoms with Crippen LogP contribution >= 0.6 is 11.3 Å². The van der Waals surface area contributed by atoms with Gasteiger partial charge >= 0.3 is 0 Å². The van der Waals surface area contributed by atoms with Crippen molar-refractivity contribution in [2.24, 2.45) is 0 Å². The number of aromatic amines is 1. The van der Waals surface area contributed by atoms with Gasteiger partial charge in [-0.05, 0) is 22.4 Å². The van der Waals surface area contributed by atoms with Crippen molar-refractivity contribution in [1.29, 1.82) is 0 Å². The Bertz CT molecular complexity index is 675. The second kappa shape index (κ2) is 4.85. The van der Waals surface area contributed by atoms with Crippen molar-refractivity contribution >= 4 is 34.3 Å².